The molecule has 4 N–H and O–H groups in total. The molecule has 0 bridgehead atoms. The molecule has 0 spiro atoms. The Morgan fingerprint density at radius 1 is 1.30 bits per heavy atom. The van der Waals surface area contributed by atoms with Gasteiger partial charge in [-0.05, 0) is 11.6 Å². The van der Waals surface area contributed by atoms with Crippen LogP contribution in [0.2, 0.25) is 5.02 Å². The van der Waals surface area contributed by atoms with E-state index in [2.05, 4.69) is 20.7 Å². The smallest absolute Gasteiger partial charge is 0.266 e. The molecule has 1 saturated heterocycles. The number of halogens is 3. The van der Waals surface area contributed by atoms with Crippen molar-refractivity contribution in [1.82, 2.24) is 9.97 Å². The summed E-state index contributed by atoms with van der Waals surface area (Å²) < 4.78 is 27.4. The Balaban J connectivity index is 1.95. The maximum absolute atomic E-state index is 13.7. The van der Waals surface area contributed by atoms with Gasteiger partial charge in [0, 0.05) is 30.5 Å². The Hall–Kier alpha value is -2.19. The Morgan fingerprint density at radius 3 is 2.63 bits per heavy atom. The summed E-state index contributed by atoms with van der Waals surface area (Å²) in [5, 5.41) is 3.84. The van der Waals surface area contributed by atoms with Gasteiger partial charge in [-0.1, -0.05) is 43.6 Å². The van der Waals surface area contributed by atoms with Crippen LogP contribution >= 0.6 is 11.6 Å². The van der Waals surface area contributed by atoms with Crippen molar-refractivity contribution in [3.05, 3.63) is 40.7 Å². The zero-order valence-electron chi connectivity index (χ0n) is 15.3. The van der Waals surface area contributed by atoms with Gasteiger partial charge >= 0.3 is 0 Å². The highest BCUT2D eigenvalue weighted by Gasteiger charge is 2.40. The van der Waals surface area contributed by atoms with Gasteiger partial charge in [0.1, 0.15) is 11.5 Å². The topological polar surface area (TPSA) is 79.1 Å². The molecule has 3 rings (SSSR count). The standard InChI is InChI=1S/C18H23ClF2N6/c1-11(2)15-24-16(23-9-12-5-3-4-6-13(12)19)14(26-22)17(25-15)27-8-7-18(20,21)10-27/h3-6,11,26H,7-10,22H2,1-2H3,(H,23,24,25). The molecule has 146 valence electrons. The highest BCUT2D eigenvalue weighted by molar-refractivity contribution is 6.31. The van der Waals surface area contributed by atoms with E-state index < -0.39 is 5.92 Å². The first-order valence-electron chi connectivity index (χ1n) is 8.79. The van der Waals surface area contributed by atoms with E-state index in [0.717, 1.165) is 5.56 Å². The minimum atomic E-state index is -2.74. The van der Waals surface area contributed by atoms with Crippen LogP contribution in [-0.2, 0) is 6.54 Å². The van der Waals surface area contributed by atoms with Crippen LogP contribution in [0.4, 0.5) is 26.1 Å². The molecule has 2 aromatic rings. The predicted molar refractivity (Wildman–Crippen MR) is 104 cm³/mol. The van der Waals surface area contributed by atoms with Gasteiger partial charge in [-0.2, -0.15) is 0 Å². The summed E-state index contributed by atoms with van der Waals surface area (Å²) >= 11 is 6.21. The fourth-order valence-corrected chi connectivity index (χ4v) is 3.15. The van der Waals surface area contributed by atoms with E-state index in [9.17, 15) is 8.78 Å². The second-order valence-electron chi connectivity index (χ2n) is 6.90. The van der Waals surface area contributed by atoms with Crippen LogP contribution in [0, 0.1) is 0 Å². The molecule has 1 fully saturated rings. The molecule has 1 aromatic heterocycles. The minimum absolute atomic E-state index is 0.0274. The van der Waals surface area contributed by atoms with Gasteiger partial charge in [0.2, 0.25) is 0 Å². The van der Waals surface area contributed by atoms with Crippen LogP contribution in [0.25, 0.3) is 0 Å². The van der Waals surface area contributed by atoms with E-state index in [1.807, 2.05) is 32.0 Å². The first-order chi connectivity index (χ1) is 12.8. The lowest BCUT2D eigenvalue weighted by Crippen LogP contribution is -2.28. The number of anilines is 3. The zero-order chi connectivity index (χ0) is 19.6. The molecule has 27 heavy (non-hydrogen) atoms. The van der Waals surface area contributed by atoms with E-state index in [4.69, 9.17) is 17.4 Å². The van der Waals surface area contributed by atoms with Gasteiger partial charge in [-0.25, -0.2) is 18.7 Å². The molecule has 1 aromatic carbocycles. The number of nitrogens with zero attached hydrogens (tertiary/aromatic N) is 3. The average Bonchev–Trinajstić information content (AvgIpc) is 2.99. The Labute approximate surface area is 162 Å². The van der Waals surface area contributed by atoms with E-state index >= 15 is 0 Å². The molecule has 0 saturated carbocycles. The van der Waals surface area contributed by atoms with Crippen molar-refractivity contribution >= 4 is 28.9 Å². The van der Waals surface area contributed by atoms with Crippen LogP contribution < -0.4 is 21.5 Å². The SMILES string of the molecule is CC(C)c1nc(NCc2ccccc2Cl)c(NN)c(N2CCC(F)(F)C2)n1. The third-order valence-electron chi connectivity index (χ3n) is 4.44. The van der Waals surface area contributed by atoms with Crippen molar-refractivity contribution in [2.45, 2.75) is 38.7 Å². The van der Waals surface area contributed by atoms with Crippen LogP contribution in [0.15, 0.2) is 24.3 Å². The molecule has 6 nitrogen and oxygen atoms in total. The molecule has 0 radical (unpaired) electrons. The lowest BCUT2D eigenvalue weighted by atomic mass is 10.2. The zero-order valence-corrected chi connectivity index (χ0v) is 16.0. The molecule has 1 aliphatic heterocycles. The highest BCUT2D eigenvalue weighted by Crippen LogP contribution is 2.37. The quantitative estimate of drug-likeness (QED) is 0.506. The lowest BCUT2D eigenvalue weighted by molar-refractivity contribution is 0.0257. The molecule has 0 aliphatic carbocycles. The number of hydrogen-bond donors (Lipinski definition) is 3. The third-order valence-corrected chi connectivity index (χ3v) is 4.81. The second kappa shape index (κ2) is 7.82. The number of nitrogens with one attached hydrogen (secondary N) is 2. The lowest BCUT2D eigenvalue weighted by Gasteiger charge is -2.23. The van der Waals surface area contributed by atoms with Crippen LogP contribution in [0.5, 0.6) is 0 Å². The predicted octanol–water partition coefficient (Wildman–Crippen LogP) is 4.00. The fraction of sp³-hybridized carbons (Fsp3) is 0.444. The normalized spacial score (nSPS) is 16.0. The highest BCUT2D eigenvalue weighted by atomic mass is 35.5. The molecule has 9 heteroatoms. The van der Waals surface area contributed by atoms with Crippen LogP contribution in [-0.4, -0.2) is 29.0 Å². The summed E-state index contributed by atoms with van der Waals surface area (Å²) in [7, 11) is 0. The Kier molecular flexibility index (Phi) is 5.67. The van der Waals surface area contributed by atoms with Crippen molar-refractivity contribution in [2.75, 3.05) is 28.7 Å². The monoisotopic (exact) mass is 396 g/mol. The Morgan fingerprint density at radius 2 is 2.04 bits per heavy atom. The van der Waals surface area contributed by atoms with Crippen LogP contribution in [0.1, 0.15) is 37.6 Å². The van der Waals surface area contributed by atoms with Gasteiger partial charge in [-0.3, -0.25) is 5.84 Å². The number of rotatable bonds is 6. The molecule has 0 unspecified atom stereocenters. The maximum Gasteiger partial charge on any atom is 0.266 e. The third kappa shape index (κ3) is 4.39. The maximum atomic E-state index is 13.7. The molecule has 2 heterocycles. The van der Waals surface area contributed by atoms with Gasteiger partial charge in [0.05, 0.1) is 6.54 Å². The summed E-state index contributed by atoms with van der Waals surface area (Å²) in [5.74, 6) is 4.39. The molecule has 0 amide bonds. The number of alkyl halides is 2. The van der Waals surface area contributed by atoms with Gasteiger partial charge in [0.15, 0.2) is 11.6 Å². The van der Waals surface area contributed by atoms with Gasteiger partial charge in [0.25, 0.3) is 5.92 Å². The first kappa shape index (κ1) is 19.6. The summed E-state index contributed by atoms with van der Waals surface area (Å²) in [6, 6.07) is 7.45. The summed E-state index contributed by atoms with van der Waals surface area (Å²) in [5.41, 5.74) is 3.86. The van der Waals surface area contributed by atoms with Crippen molar-refractivity contribution in [2.24, 2.45) is 5.84 Å². The number of benzene rings is 1. The largest absolute Gasteiger partial charge is 0.364 e. The number of nitrogen functional groups attached to an aromatic ring is 1. The van der Waals surface area contributed by atoms with E-state index in [-0.39, 0.29) is 25.4 Å². The summed E-state index contributed by atoms with van der Waals surface area (Å²) in [4.78, 5) is 10.6. The summed E-state index contributed by atoms with van der Waals surface area (Å²) in [6.45, 7) is 4.13. The fourth-order valence-electron chi connectivity index (χ4n) is 2.95. The van der Waals surface area contributed by atoms with Crippen LogP contribution in [0.3, 0.4) is 0 Å². The number of aromatic nitrogens is 2. The van der Waals surface area contributed by atoms with E-state index in [1.54, 1.807) is 11.0 Å². The van der Waals surface area contributed by atoms with Gasteiger partial charge in [-0.15, -0.1) is 0 Å². The van der Waals surface area contributed by atoms with Crippen molar-refractivity contribution in [3.8, 4) is 0 Å². The van der Waals surface area contributed by atoms with E-state index in [1.165, 1.54) is 0 Å². The van der Waals surface area contributed by atoms with Crippen molar-refractivity contribution in [3.63, 3.8) is 0 Å². The minimum Gasteiger partial charge on any atom is -0.364 e. The van der Waals surface area contributed by atoms with Crippen molar-refractivity contribution in [1.29, 1.82) is 0 Å². The Bertz CT molecular complexity index is 814. The average molecular weight is 397 g/mol. The number of hydrazine groups is 1. The first-order valence-corrected chi connectivity index (χ1v) is 9.17. The molecule has 0 atom stereocenters. The van der Waals surface area contributed by atoms with Crippen molar-refractivity contribution < 1.29 is 8.78 Å². The number of nitrogens with two attached hydrogens (primary N) is 1. The summed E-state index contributed by atoms with van der Waals surface area (Å²) in [6.07, 6.45) is -0.208. The number of hydrogen-bond acceptors (Lipinski definition) is 6. The second-order valence-corrected chi connectivity index (χ2v) is 7.31. The molecule has 1 aliphatic rings. The van der Waals surface area contributed by atoms with E-state index in [0.29, 0.717) is 34.7 Å². The molecular formula is C18H23ClF2N6. The van der Waals surface area contributed by atoms with Gasteiger partial charge < -0.3 is 15.6 Å². The molecular weight excluding hydrogens is 374 g/mol.